The van der Waals surface area contributed by atoms with Crippen LogP contribution in [0.4, 0.5) is 51.8 Å². The van der Waals surface area contributed by atoms with Gasteiger partial charge in [0, 0.05) is 0 Å². The Hall–Kier alpha value is 0.0112. The Kier molecular flexibility index (Phi) is 19.3. The van der Waals surface area contributed by atoms with Gasteiger partial charge in [0.2, 0.25) is 0 Å². The van der Waals surface area contributed by atoms with Crippen LogP contribution in [0.2, 0.25) is 0 Å². The molecule has 0 aliphatic rings. The topological polar surface area (TPSA) is 20.2 Å². The van der Waals surface area contributed by atoms with E-state index in [0.29, 0.717) is 5.75 Å². The smallest absolute Gasteiger partial charge is 1.00 e. The quantitative estimate of drug-likeness (QED) is 0.529. The predicted molar refractivity (Wildman–Crippen MR) is 59.8 cm³/mol. The molecule has 0 aliphatic heterocycles. The molecule has 0 unspecified atom stereocenters. The fourth-order valence-electron chi connectivity index (χ4n) is 0.428. The summed E-state index contributed by atoms with van der Waals surface area (Å²) in [6.45, 7) is 0. The monoisotopic (exact) mass is 395 g/mol. The number of rotatable bonds is 0. The average molecular weight is 395 g/mol. The second-order valence-corrected chi connectivity index (χ2v) is 2.82. The molecule has 0 aliphatic carbocycles. The molecule has 0 atom stereocenters. The molecule has 1 N–H and O–H groups in total. The van der Waals surface area contributed by atoms with E-state index >= 15 is 0 Å². The first kappa shape index (κ1) is 30.8. The summed E-state index contributed by atoms with van der Waals surface area (Å²) in [7, 11) is -18.0. The molecule has 1 nitrogen and oxygen atoms in total. The fraction of sp³-hybridized carbons (Fsp3) is 0. The van der Waals surface area contributed by atoms with E-state index in [-0.39, 0.29) is 52.8 Å². The van der Waals surface area contributed by atoms with Crippen LogP contribution < -0.4 is 51.4 Å². The van der Waals surface area contributed by atoms with E-state index in [2.05, 4.69) is 0 Å². The SMILES string of the molecule is F[B-](F)(F)F.F[B-](F)(F)F.F[B-](F)(F)F.Oc1ccccc1.[H-].[K+]. The van der Waals surface area contributed by atoms with Gasteiger partial charge < -0.3 is 58.3 Å². The molecular formula is C6H7B3F12KO-3. The molecule has 0 amide bonds. The van der Waals surface area contributed by atoms with Gasteiger partial charge in [-0.05, 0) is 12.1 Å². The fourth-order valence-corrected chi connectivity index (χ4v) is 0.428. The first-order valence-electron chi connectivity index (χ1n) is 4.75. The van der Waals surface area contributed by atoms with E-state index in [1.165, 1.54) is 0 Å². The number of benzene rings is 1. The average Bonchev–Trinajstić information content (AvgIpc) is 2.09. The molecule has 0 radical (unpaired) electrons. The van der Waals surface area contributed by atoms with Crippen LogP contribution in [0.25, 0.3) is 0 Å². The Bertz CT molecular complexity index is 325. The summed E-state index contributed by atoms with van der Waals surface area (Å²) < 4.78 is 117. The van der Waals surface area contributed by atoms with Crippen LogP contribution in [0.1, 0.15) is 1.43 Å². The molecule has 0 spiro atoms. The maximum absolute atomic E-state index is 9.75. The largest absolute Gasteiger partial charge is 1.00 e. The Morgan fingerprint density at radius 1 is 0.565 bits per heavy atom. The van der Waals surface area contributed by atoms with Crippen LogP contribution in [0, 0.1) is 0 Å². The molecule has 0 aromatic heterocycles. The van der Waals surface area contributed by atoms with Gasteiger partial charge in [0.1, 0.15) is 5.75 Å². The Labute approximate surface area is 166 Å². The van der Waals surface area contributed by atoms with Crippen LogP contribution in [0.15, 0.2) is 30.3 Å². The summed E-state index contributed by atoms with van der Waals surface area (Å²) >= 11 is 0. The predicted octanol–water partition coefficient (Wildman–Crippen LogP) is 2.41. The van der Waals surface area contributed by atoms with E-state index < -0.39 is 21.8 Å². The molecule has 1 aromatic rings. The first-order valence-corrected chi connectivity index (χ1v) is 4.75. The summed E-state index contributed by atoms with van der Waals surface area (Å²) in [6, 6.07) is 8.71. The van der Waals surface area contributed by atoms with Crippen LogP contribution in [-0.2, 0) is 0 Å². The number of halogens is 12. The number of para-hydroxylation sites is 1. The zero-order valence-electron chi connectivity index (χ0n) is 12.1. The van der Waals surface area contributed by atoms with E-state index in [0.717, 1.165) is 0 Å². The molecule has 0 heterocycles. The van der Waals surface area contributed by atoms with Crippen molar-refractivity contribution in [3.05, 3.63) is 30.3 Å². The van der Waals surface area contributed by atoms with Gasteiger partial charge in [-0.25, -0.2) is 0 Å². The van der Waals surface area contributed by atoms with Gasteiger partial charge in [0.25, 0.3) is 0 Å². The van der Waals surface area contributed by atoms with Gasteiger partial charge in [0.05, 0.1) is 0 Å². The van der Waals surface area contributed by atoms with Crippen LogP contribution in [0.5, 0.6) is 5.75 Å². The van der Waals surface area contributed by atoms with Crippen molar-refractivity contribution in [2.75, 3.05) is 0 Å². The minimum Gasteiger partial charge on any atom is -1.00 e. The van der Waals surface area contributed by atoms with Crippen molar-refractivity contribution in [1.82, 2.24) is 0 Å². The van der Waals surface area contributed by atoms with Crippen LogP contribution in [0.3, 0.4) is 0 Å². The van der Waals surface area contributed by atoms with Crippen LogP contribution in [-0.4, -0.2) is 26.9 Å². The Morgan fingerprint density at radius 2 is 0.739 bits per heavy atom. The second-order valence-electron chi connectivity index (χ2n) is 2.82. The molecule has 1 rings (SSSR count). The van der Waals surface area contributed by atoms with E-state index in [1.54, 1.807) is 24.3 Å². The van der Waals surface area contributed by atoms with Gasteiger partial charge in [-0.2, -0.15) is 0 Å². The maximum atomic E-state index is 9.75. The summed E-state index contributed by atoms with van der Waals surface area (Å²) in [4.78, 5) is 0. The van der Waals surface area contributed by atoms with Crippen molar-refractivity contribution in [3.63, 3.8) is 0 Å². The number of aromatic hydroxyl groups is 1. The van der Waals surface area contributed by atoms with Crippen molar-refractivity contribution in [2.45, 2.75) is 0 Å². The van der Waals surface area contributed by atoms with Crippen molar-refractivity contribution >= 4 is 21.8 Å². The third kappa shape index (κ3) is 137. The van der Waals surface area contributed by atoms with Crippen molar-refractivity contribution in [2.24, 2.45) is 0 Å². The van der Waals surface area contributed by atoms with Crippen LogP contribution >= 0.6 is 0 Å². The standard InChI is InChI=1S/C6H6O.3BF4.K.H/c7-6-4-2-1-3-5-6;3*2-1(3,4)5;;/h1-5,7H;;;;;/q;3*-1;+1;-1. The first-order chi connectivity index (χ1) is 9.39. The van der Waals surface area contributed by atoms with Crippen molar-refractivity contribution in [3.8, 4) is 5.75 Å². The zero-order valence-corrected chi connectivity index (χ0v) is 14.2. The summed E-state index contributed by atoms with van der Waals surface area (Å²) in [5, 5.41) is 8.63. The molecule has 134 valence electrons. The Balaban J connectivity index is -0.0000000661. The van der Waals surface area contributed by atoms with E-state index in [9.17, 15) is 51.8 Å². The zero-order chi connectivity index (χ0) is 18.6. The third-order valence-electron chi connectivity index (χ3n) is 0.756. The molecule has 1 aromatic carbocycles. The van der Waals surface area contributed by atoms with Gasteiger partial charge in [-0.3, -0.25) is 0 Å². The summed E-state index contributed by atoms with van der Waals surface area (Å²) in [5.74, 6) is 0.322. The molecule has 0 fully saturated rings. The molecule has 0 saturated heterocycles. The van der Waals surface area contributed by atoms with Crippen molar-refractivity contribution < 1.29 is 110 Å². The third-order valence-corrected chi connectivity index (χ3v) is 0.756. The van der Waals surface area contributed by atoms with Gasteiger partial charge in [-0.15, -0.1) is 0 Å². The molecule has 0 saturated carbocycles. The van der Waals surface area contributed by atoms with Gasteiger partial charge in [0.15, 0.2) is 0 Å². The molecule has 23 heavy (non-hydrogen) atoms. The molecular weight excluding hydrogens is 388 g/mol. The Morgan fingerprint density at radius 3 is 0.826 bits per heavy atom. The number of phenols is 1. The molecule has 0 bridgehead atoms. The number of hydrogen-bond acceptors (Lipinski definition) is 1. The number of phenolic OH excluding ortho intramolecular Hbond substituents is 1. The molecule has 17 heteroatoms. The second kappa shape index (κ2) is 14.4. The van der Waals surface area contributed by atoms with E-state index in [4.69, 9.17) is 5.11 Å². The van der Waals surface area contributed by atoms with Gasteiger partial charge >= 0.3 is 73.1 Å². The normalized spacial score (nSPS) is 10.4. The summed E-state index contributed by atoms with van der Waals surface area (Å²) in [5.41, 5.74) is 0. The van der Waals surface area contributed by atoms with E-state index in [1.807, 2.05) is 6.07 Å². The van der Waals surface area contributed by atoms with Gasteiger partial charge in [-0.1, -0.05) is 18.2 Å². The van der Waals surface area contributed by atoms with Crippen molar-refractivity contribution in [1.29, 1.82) is 0 Å². The minimum absolute atomic E-state index is 0. The maximum Gasteiger partial charge on any atom is 1.00 e. The summed E-state index contributed by atoms with van der Waals surface area (Å²) in [6.07, 6.45) is 0. The minimum atomic E-state index is -6.00. The number of hydrogen-bond donors (Lipinski definition) is 1.